The highest BCUT2D eigenvalue weighted by atomic mass is 32.2. The number of hydrogen-bond acceptors (Lipinski definition) is 5. The number of carbonyl (C=O) groups is 1. The molecule has 3 N–H and O–H groups in total. The van der Waals surface area contributed by atoms with Gasteiger partial charge in [0.05, 0.1) is 0 Å². The molecule has 0 aliphatic carbocycles. The van der Waals surface area contributed by atoms with Crippen molar-refractivity contribution >= 4 is 23.4 Å². The molecule has 152 valence electrons. The summed E-state index contributed by atoms with van der Waals surface area (Å²) < 4.78 is 39.2. The number of anilines is 1. The minimum Gasteiger partial charge on any atom is -0.335 e. The molecule has 29 heavy (non-hydrogen) atoms. The number of nitrogens with one attached hydrogen (secondary N) is 1. The van der Waals surface area contributed by atoms with E-state index in [2.05, 4.69) is 15.5 Å². The van der Waals surface area contributed by atoms with E-state index in [4.69, 9.17) is 5.84 Å². The fourth-order valence-electron chi connectivity index (χ4n) is 2.63. The molecule has 0 saturated carbocycles. The van der Waals surface area contributed by atoms with Gasteiger partial charge >= 0.3 is 6.18 Å². The van der Waals surface area contributed by atoms with Gasteiger partial charge in [0.25, 0.3) is 5.82 Å². The zero-order valence-electron chi connectivity index (χ0n) is 15.6. The molecule has 1 amide bonds. The maximum atomic E-state index is 13.0. The number of thioether (sulfide) groups is 1. The summed E-state index contributed by atoms with van der Waals surface area (Å²) in [5.74, 6) is 3.79. The highest BCUT2D eigenvalue weighted by Crippen LogP contribution is 2.37. The summed E-state index contributed by atoms with van der Waals surface area (Å²) in [6.45, 7) is 3.75. The molecule has 0 aliphatic heterocycles. The molecule has 0 bridgehead atoms. The van der Waals surface area contributed by atoms with Crippen LogP contribution >= 0.6 is 11.8 Å². The number of nitrogen functional groups attached to an aromatic ring is 1. The predicted octanol–water partition coefficient (Wildman–Crippen LogP) is 4.10. The Kier molecular flexibility index (Phi) is 5.83. The standard InChI is InChI=1S/C19H18F3N5OS/c1-11-8-9-12(2)14(10-11)24-16(28)15(13-6-4-3-5-7-13)29-18-26-25-17(27(18)23)19(20,21)22/h3-10,15H,23H2,1-2H3,(H,24,28). The Morgan fingerprint density at radius 1 is 1.14 bits per heavy atom. The normalized spacial score (nSPS) is 12.6. The molecule has 3 aromatic rings. The highest BCUT2D eigenvalue weighted by Gasteiger charge is 2.39. The summed E-state index contributed by atoms with van der Waals surface area (Å²) in [6.07, 6.45) is -4.75. The molecule has 2 aromatic carbocycles. The molecular weight excluding hydrogens is 403 g/mol. The molecule has 1 unspecified atom stereocenters. The molecule has 1 atom stereocenters. The van der Waals surface area contributed by atoms with Crippen LogP contribution in [0.3, 0.4) is 0 Å². The molecule has 0 saturated heterocycles. The maximum Gasteiger partial charge on any atom is 0.453 e. The first-order chi connectivity index (χ1) is 13.7. The van der Waals surface area contributed by atoms with Gasteiger partial charge in [-0.3, -0.25) is 4.79 Å². The van der Waals surface area contributed by atoms with E-state index >= 15 is 0 Å². The van der Waals surface area contributed by atoms with Crippen molar-refractivity contribution in [3.63, 3.8) is 0 Å². The third-order valence-corrected chi connectivity index (χ3v) is 5.34. The van der Waals surface area contributed by atoms with E-state index in [9.17, 15) is 18.0 Å². The number of aryl methyl sites for hydroxylation is 2. The van der Waals surface area contributed by atoms with Gasteiger partial charge in [-0.15, -0.1) is 10.2 Å². The zero-order chi connectivity index (χ0) is 21.2. The predicted molar refractivity (Wildman–Crippen MR) is 105 cm³/mol. The van der Waals surface area contributed by atoms with Gasteiger partial charge in [-0.05, 0) is 36.6 Å². The summed E-state index contributed by atoms with van der Waals surface area (Å²) in [5.41, 5.74) is 3.05. The smallest absolute Gasteiger partial charge is 0.335 e. The molecule has 0 spiro atoms. The van der Waals surface area contributed by atoms with E-state index in [0.717, 1.165) is 22.9 Å². The van der Waals surface area contributed by atoms with Crippen LogP contribution < -0.4 is 11.2 Å². The van der Waals surface area contributed by atoms with E-state index in [0.29, 0.717) is 15.9 Å². The van der Waals surface area contributed by atoms with Crippen molar-refractivity contribution in [2.75, 3.05) is 11.2 Å². The molecule has 0 fully saturated rings. The van der Waals surface area contributed by atoms with E-state index in [1.165, 1.54) is 0 Å². The van der Waals surface area contributed by atoms with Gasteiger partial charge in [0.2, 0.25) is 11.1 Å². The van der Waals surface area contributed by atoms with Gasteiger partial charge in [0, 0.05) is 5.69 Å². The van der Waals surface area contributed by atoms with Crippen molar-refractivity contribution in [1.29, 1.82) is 0 Å². The Morgan fingerprint density at radius 3 is 2.45 bits per heavy atom. The second kappa shape index (κ2) is 8.16. The maximum absolute atomic E-state index is 13.0. The van der Waals surface area contributed by atoms with Crippen molar-refractivity contribution in [2.24, 2.45) is 0 Å². The van der Waals surface area contributed by atoms with Gasteiger partial charge < -0.3 is 11.2 Å². The van der Waals surface area contributed by atoms with Crippen molar-refractivity contribution in [3.05, 3.63) is 71.0 Å². The lowest BCUT2D eigenvalue weighted by Gasteiger charge is -2.18. The third-order valence-electron chi connectivity index (χ3n) is 4.13. The Morgan fingerprint density at radius 2 is 1.83 bits per heavy atom. The quantitative estimate of drug-likeness (QED) is 0.479. The van der Waals surface area contributed by atoms with E-state index in [1.54, 1.807) is 30.3 Å². The largest absolute Gasteiger partial charge is 0.453 e. The monoisotopic (exact) mass is 421 g/mol. The van der Waals surface area contributed by atoms with Gasteiger partial charge in [-0.2, -0.15) is 13.2 Å². The molecule has 1 aromatic heterocycles. The first-order valence-electron chi connectivity index (χ1n) is 8.54. The average Bonchev–Trinajstić information content (AvgIpc) is 3.04. The van der Waals surface area contributed by atoms with E-state index < -0.39 is 23.2 Å². The lowest BCUT2D eigenvalue weighted by atomic mass is 10.1. The van der Waals surface area contributed by atoms with Crippen LogP contribution in [0.2, 0.25) is 0 Å². The van der Waals surface area contributed by atoms with Crippen LogP contribution in [-0.2, 0) is 11.0 Å². The Hall–Kier alpha value is -3.01. The van der Waals surface area contributed by atoms with Crippen molar-refractivity contribution in [1.82, 2.24) is 14.9 Å². The topological polar surface area (TPSA) is 85.8 Å². The SMILES string of the molecule is Cc1ccc(C)c(NC(=O)C(Sc2nnc(C(F)(F)F)n2N)c2ccccc2)c1. The number of halogens is 3. The lowest BCUT2D eigenvalue weighted by Crippen LogP contribution is -2.23. The minimum atomic E-state index is -4.75. The number of alkyl halides is 3. The number of nitrogens with two attached hydrogens (primary N) is 1. The van der Waals surface area contributed by atoms with Crippen molar-refractivity contribution < 1.29 is 18.0 Å². The number of benzene rings is 2. The third kappa shape index (κ3) is 4.70. The fourth-order valence-corrected chi connectivity index (χ4v) is 3.58. The van der Waals surface area contributed by atoms with Gasteiger partial charge in [0.15, 0.2) is 0 Å². The number of nitrogens with zero attached hydrogens (tertiary/aromatic N) is 3. The molecule has 0 aliphatic rings. The molecule has 10 heteroatoms. The summed E-state index contributed by atoms with van der Waals surface area (Å²) >= 11 is 0.795. The number of amides is 1. The van der Waals surface area contributed by atoms with E-state index in [-0.39, 0.29) is 5.16 Å². The number of hydrogen-bond donors (Lipinski definition) is 2. The van der Waals surface area contributed by atoms with E-state index in [1.807, 2.05) is 32.0 Å². The second-order valence-corrected chi connectivity index (χ2v) is 7.46. The second-order valence-electron chi connectivity index (χ2n) is 6.39. The summed E-state index contributed by atoms with van der Waals surface area (Å²) in [5, 5.41) is 8.37. The molecule has 1 heterocycles. The molecule has 0 radical (unpaired) electrons. The summed E-state index contributed by atoms with van der Waals surface area (Å²) in [7, 11) is 0. The Balaban J connectivity index is 1.93. The van der Waals surface area contributed by atoms with Crippen LogP contribution in [0.5, 0.6) is 0 Å². The van der Waals surface area contributed by atoms with Crippen LogP contribution in [0.25, 0.3) is 0 Å². The number of carbonyl (C=O) groups excluding carboxylic acids is 1. The summed E-state index contributed by atoms with van der Waals surface area (Å²) in [6, 6.07) is 14.3. The summed E-state index contributed by atoms with van der Waals surface area (Å²) in [4.78, 5) is 13.0. The first-order valence-corrected chi connectivity index (χ1v) is 9.42. The number of aromatic nitrogens is 3. The first kappa shape index (κ1) is 20.7. The Bertz CT molecular complexity index is 1020. The van der Waals surface area contributed by atoms with Gasteiger partial charge in [-0.1, -0.05) is 54.2 Å². The van der Waals surface area contributed by atoms with Crippen LogP contribution in [0.15, 0.2) is 53.7 Å². The molecular formula is C19H18F3N5OS. The fraction of sp³-hybridized carbons (Fsp3) is 0.211. The minimum absolute atomic E-state index is 0.220. The zero-order valence-corrected chi connectivity index (χ0v) is 16.4. The Labute approximate surface area is 169 Å². The molecule has 6 nitrogen and oxygen atoms in total. The van der Waals surface area contributed by atoms with Crippen molar-refractivity contribution in [3.8, 4) is 0 Å². The molecule has 3 rings (SSSR count). The van der Waals surface area contributed by atoms with Gasteiger partial charge in [0.1, 0.15) is 5.25 Å². The highest BCUT2D eigenvalue weighted by molar-refractivity contribution is 8.00. The van der Waals surface area contributed by atoms with Crippen LogP contribution in [-0.4, -0.2) is 20.8 Å². The van der Waals surface area contributed by atoms with Crippen LogP contribution in [0.1, 0.15) is 27.8 Å². The lowest BCUT2D eigenvalue weighted by molar-refractivity contribution is -0.146. The van der Waals surface area contributed by atoms with Crippen LogP contribution in [0.4, 0.5) is 18.9 Å². The van der Waals surface area contributed by atoms with Crippen LogP contribution in [0, 0.1) is 13.8 Å². The number of rotatable bonds is 5. The average molecular weight is 421 g/mol. The van der Waals surface area contributed by atoms with Crippen molar-refractivity contribution in [2.45, 2.75) is 30.4 Å². The van der Waals surface area contributed by atoms with Gasteiger partial charge in [-0.25, -0.2) is 4.68 Å².